The summed E-state index contributed by atoms with van der Waals surface area (Å²) in [7, 11) is 0. The predicted octanol–water partition coefficient (Wildman–Crippen LogP) is 3.08. The molecule has 1 rings (SSSR count). The van der Waals surface area contributed by atoms with Gasteiger partial charge in [-0.1, -0.05) is 39.0 Å². The van der Waals surface area contributed by atoms with E-state index in [1.165, 1.54) is 5.56 Å². The molecule has 3 nitrogen and oxygen atoms in total. The molecule has 0 aliphatic rings. The fraction of sp³-hybridized carbons (Fsp3) is 0.533. The second-order valence-electron chi connectivity index (χ2n) is 4.64. The van der Waals surface area contributed by atoms with Gasteiger partial charge in [-0.25, -0.2) is 0 Å². The maximum atomic E-state index is 9.02. The smallest absolute Gasteiger partial charge is 0.130 e. The lowest BCUT2D eigenvalue weighted by Gasteiger charge is -2.16. The van der Waals surface area contributed by atoms with E-state index in [4.69, 9.17) is 10.00 Å². The second-order valence-corrected chi connectivity index (χ2v) is 4.64. The number of rotatable bonds is 7. The Morgan fingerprint density at radius 2 is 2.06 bits per heavy atom. The van der Waals surface area contributed by atoms with Gasteiger partial charge in [0.05, 0.1) is 6.07 Å². The van der Waals surface area contributed by atoms with Crippen LogP contribution in [0.5, 0.6) is 5.75 Å². The molecule has 0 spiro atoms. The number of nitrogens with one attached hydrogen (secondary N) is 1. The molecule has 0 radical (unpaired) electrons. The van der Waals surface area contributed by atoms with Crippen molar-refractivity contribution in [2.75, 3.05) is 13.2 Å². The van der Waals surface area contributed by atoms with Crippen molar-refractivity contribution in [3.05, 3.63) is 29.8 Å². The highest BCUT2D eigenvalue weighted by Gasteiger charge is 2.10. The summed E-state index contributed by atoms with van der Waals surface area (Å²) in [6.45, 7) is 7.59. The molecule has 1 atom stereocenters. The number of benzene rings is 1. The fourth-order valence-electron chi connectivity index (χ4n) is 1.72. The molecule has 0 saturated carbocycles. The number of para-hydroxylation sites is 1. The first-order valence-electron chi connectivity index (χ1n) is 6.53. The van der Waals surface area contributed by atoms with E-state index in [1.54, 1.807) is 0 Å². The number of ether oxygens (including phenoxy) is 1. The van der Waals surface area contributed by atoms with Gasteiger partial charge in [-0.05, 0) is 30.5 Å². The summed E-state index contributed by atoms with van der Waals surface area (Å²) in [6.07, 6.45) is 1.01. The van der Waals surface area contributed by atoms with Crippen LogP contribution < -0.4 is 10.1 Å². The van der Waals surface area contributed by atoms with E-state index < -0.39 is 0 Å². The van der Waals surface area contributed by atoms with Crippen LogP contribution in [0.1, 0.15) is 38.7 Å². The van der Waals surface area contributed by atoms with Gasteiger partial charge in [0.2, 0.25) is 0 Å². The lowest BCUT2D eigenvalue weighted by molar-refractivity contribution is 0.286. The summed E-state index contributed by atoms with van der Waals surface area (Å²) in [5, 5.41) is 12.2. The monoisotopic (exact) mass is 246 g/mol. The molecule has 0 bridgehead atoms. The maximum Gasteiger partial charge on any atom is 0.130 e. The quantitative estimate of drug-likeness (QED) is 0.804. The molecule has 0 aromatic heterocycles. The first kappa shape index (κ1) is 14.5. The third-order valence-electron chi connectivity index (χ3n) is 2.74. The maximum absolute atomic E-state index is 9.02. The van der Waals surface area contributed by atoms with Crippen LogP contribution in [0.2, 0.25) is 0 Å². The number of nitriles is 1. The van der Waals surface area contributed by atoms with Gasteiger partial charge < -0.3 is 4.74 Å². The van der Waals surface area contributed by atoms with Gasteiger partial charge in [0.25, 0.3) is 0 Å². The molecule has 0 aliphatic heterocycles. The Hall–Kier alpha value is -1.53. The van der Waals surface area contributed by atoms with Crippen LogP contribution in [0.3, 0.4) is 0 Å². The number of hydrogen-bond acceptors (Lipinski definition) is 3. The van der Waals surface area contributed by atoms with Crippen LogP contribution in [0.15, 0.2) is 24.3 Å². The normalized spacial score (nSPS) is 12.2. The third kappa shape index (κ3) is 4.38. The number of hydrogen-bond donors (Lipinski definition) is 1. The van der Waals surface area contributed by atoms with E-state index in [1.807, 2.05) is 18.2 Å². The fourth-order valence-corrected chi connectivity index (χ4v) is 1.72. The van der Waals surface area contributed by atoms with Gasteiger partial charge in [-0.3, -0.25) is 5.32 Å². The van der Waals surface area contributed by atoms with Crippen molar-refractivity contribution in [2.45, 2.75) is 39.2 Å². The van der Waals surface area contributed by atoms with Crippen LogP contribution >= 0.6 is 0 Å². The zero-order chi connectivity index (χ0) is 13.4. The molecule has 18 heavy (non-hydrogen) atoms. The van der Waals surface area contributed by atoms with Crippen LogP contribution in [0.4, 0.5) is 0 Å². The van der Waals surface area contributed by atoms with E-state index >= 15 is 0 Å². The van der Waals surface area contributed by atoms with Crippen molar-refractivity contribution in [3.8, 4) is 11.8 Å². The summed E-state index contributed by atoms with van der Waals surface area (Å²) in [5.41, 5.74) is 1.18. The minimum atomic E-state index is -0.245. The van der Waals surface area contributed by atoms with Crippen LogP contribution in [-0.2, 0) is 0 Å². The van der Waals surface area contributed by atoms with E-state index in [9.17, 15) is 0 Å². The van der Waals surface area contributed by atoms with Gasteiger partial charge in [-0.2, -0.15) is 5.26 Å². The lowest BCUT2D eigenvalue weighted by Crippen LogP contribution is -2.33. The van der Waals surface area contributed by atoms with Crippen LogP contribution in [0, 0.1) is 11.3 Å². The Morgan fingerprint density at radius 1 is 1.33 bits per heavy atom. The summed E-state index contributed by atoms with van der Waals surface area (Å²) >= 11 is 0. The zero-order valence-corrected chi connectivity index (χ0v) is 11.4. The Balaban J connectivity index is 2.60. The summed E-state index contributed by atoms with van der Waals surface area (Å²) in [4.78, 5) is 0. The summed E-state index contributed by atoms with van der Waals surface area (Å²) < 4.78 is 5.76. The first-order valence-corrected chi connectivity index (χ1v) is 6.53. The second kappa shape index (κ2) is 7.73. The Kier molecular flexibility index (Phi) is 6.24. The van der Waals surface area contributed by atoms with Gasteiger partial charge in [-0.15, -0.1) is 0 Å². The zero-order valence-electron chi connectivity index (χ0n) is 11.4. The van der Waals surface area contributed by atoms with Gasteiger partial charge in [0.15, 0.2) is 0 Å². The molecule has 1 aromatic rings. The third-order valence-corrected chi connectivity index (χ3v) is 2.74. The Bertz CT molecular complexity index is 396. The van der Waals surface area contributed by atoms with Crippen molar-refractivity contribution in [1.82, 2.24) is 5.32 Å². The van der Waals surface area contributed by atoms with Gasteiger partial charge >= 0.3 is 0 Å². The highest BCUT2D eigenvalue weighted by atomic mass is 16.5. The molecule has 0 aliphatic carbocycles. The molecule has 0 fully saturated rings. The molecule has 98 valence electrons. The largest absolute Gasteiger partial charge is 0.491 e. The van der Waals surface area contributed by atoms with Crippen molar-refractivity contribution < 1.29 is 4.74 Å². The average Bonchev–Trinajstić information content (AvgIpc) is 2.39. The van der Waals surface area contributed by atoms with E-state index in [0.29, 0.717) is 12.5 Å². The van der Waals surface area contributed by atoms with E-state index in [-0.39, 0.29) is 6.04 Å². The van der Waals surface area contributed by atoms with E-state index in [0.717, 1.165) is 18.7 Å². The molecule has 1 unspecified atom stereocenters. The lowest BCUT2D eigenvalue weighted by atomic mass is 10.0. The first-order chi connectivity index (χ1) is 8.69. The molecular weight excluding hydrogens is 224 g/mol. The van der Waals surface area contributed by atoms with Crippen LogP contribution in [0.25, 0.3) is 0 Å². The summed E-state index contributed by atoms with van der Waals surface area (Å²) in [6, 6.07) is 9.98. The predicted molar refractivity (Wildman–Crippen MR) is 73.7 cm³/mol. The highest BCUT2D eigenvalue weighted by Crippen LogP contribution is 2.25. The van der Waals surface area contributed by atoms with Gasteiger partial charge in [0.1, 0.15) is 18.4 Å². The highest BCUT2D eigenvalue weighted by molar-refractivity contribution is 5.35. The van der Waals surface area contributed by atoms with Crippen LogP contribution in [-0.4, -0.2) is 19.2 Å². The minimum absolute atomic E-state index is 0.245. The molecule has 1 aromatic carbocycles. The molecular formula is C15H22N2O. The standard InChI is InChI=1S/C15H22N2O/c1-4-9-17-13(10-16)11-18-15-8-6-5-7-14(15)12(2)3/h5-8,12-13,17H,4,9,11H2,1-3H3. The van der Waals surface area contributed by atoms with Crippen molar-refractivity contribution in [1.29, 1.82) is 5.26 Å². The molecule has 0 saturated heterocycles. The molecule has 3 heteroatoms. The van der Waals surface area contributed by atoms with Crippen molar-refractivity contribution in [2.24, 2.45) is 0 Å². The van der Waals surface area contributed by atoms with Crippen molar-refractivity contribution in [3.63, 3.8) is 0 Å². The topological polar surface area (TPSA) is 45.0 Å². The minimum Gasteiger partial charge on any atom is -0.491 e. The molecule has 0 amide bonds. The Morgan fingerprint density at radius 3 is 2.67 bits per heavy atom. The van der Waals surface area contributed by atoms with Crippen molar-refractivity contribution >= 4 is 0 Å². The van der Waals surface area contributed by atoms with E-state index in [2.05, 4.69) is 38.2 Å². The SMILES string of the molecule is CCCNC(C#N)COc1ccccc1C(C)C. The number of nitrogens with zero attached hydrogens (tertiary/aromatic N) is 1. The van der Waals surface area contributed by atoms with Gasteiger partial charge in [0, 0.05) is 0 Å². The average molecular weight is 246 g/mol. The molecule has 1 N–H and O–H groups in total. The Labute approximate surface area is 110 Å². The molecule has 0 heterocycles. The summed E-state index contributed by atoms with van der Waals surface area (Å²) in [5.74, 6) is 1.30.